The summed E-state index contributed by atoms with van der Waals surface area (Å²) in [5.74, 6) is -1.07. The van der Waals surface area contributed by atoms with E-state index in [-0.39, 0.29) is 5.91 Å². The molecule has 0 aliphatic rings. The highest BCUT2D eigenvalue weighted by Gasteiger charge is 2.31. The fraction of sp³-hybridized carbons (Fsp3) is 0.176. The summed E-state index contributed by atoms with van der Waals surface area (Å²) in [6.07, 6.45) is 0. The fourth-order valence-corrected chi connectivity index (χ4v) is 2.25. The Kier molecular flexibility index (Phi) is 6.10. The summed E-state index contributed by atoms with van der Waals surface area (Å²) in [4.78, 5) is 26.1. The van der Waals surface area contributed by atoms with Crippen LogP contribution in [-0.2, 0) is 11.3 Å². The van der Waals surface area contributed by atoms with E-state index in [1.807, 2.05) is 30.3 Å². The van der Waals surface area contributed by atoms with Gasteiger partial charge in [0, 0.05) is 13.6 Å². The van der Waals surface area contributed by atoms with Crippen LogP contribution in [0.15, 0.2) is 54.6 Å². The quantitative estimate of drug-likeness (QED) is 0.799. The Labute approximate surface area is 155 Å². The van der Waals surface area contributed by atoms with Gasteiger partial charge >= 0.3 is 0 Å². The molecule has 0 radical (unpaired) electrons. The van der Waals surface area contributed by atoms with Crippen molar-refractivity contribution in [2.45, 2.75) is 10.3 Å². The summed E-state index contributed by atoms with van der Waals surface area (Å²) >= 11 is 16.7. The zero-order chi connectivity index (χ0) is 17.7. The molecule has 0 fully saturated rings. The smallest absolute Gasteiger partial charge is 0.276 e. The average Bonchev–Trinajstić information content (AvgIpc) is 2.54. The van der Waals surface area contributed by atoms with Crippen molar-refractivity contribution in [1.82, 2.24) is 4.90 Å². The lowest BCUT2D eigenvalue weighted by Crippen LogP contribution is -2.30. The lowest BCUT2D eigenvalue weighted by Gasteiger charge is -2.20. The first-order valence-electron chi connectivity index (χ1n) is 7.05. The molecule has 0 spiro atoms. The van der Waals surface area contributed by atoms with Gasteiger partial charge in [0.25, 0.3) is 15.6 Å². The molecule has 2 rings (SSSR count). The van der Waals surface area contributed by atoms with Crippen molar-refractivity contribution in [1.29, 1.82) is 0 Å². The Morgan fingerprint density at radius 3 is 2.21 bits per heavy atom. The number of carbonyl (C=O) groups excluding carboxylic acids is 2. The van der Waals surface area contributed by atoms with Crippen LogP contribution in [0.3, 0.4) is 0 Å². The molecule has 0 bridgehead atoms. The summed E-state index contributed by atoms with van der Waals surface area (Å²) in [7, 11) is 1.68. The molecule has 0 saturated heterocycles. The molecule has 0 atom stereocenters. The number of benzene rings is 2. The second-order valence-electron chi connectivity index (χ2n) is 5.14. The highest BCUT2D eigenvalue weighted by atomic mass is 35.6. The van der Waals surface area contributed by atoms with Crippen LogP contribution in [-0.4, -0.2) is 27.6 Å². The zero-order valence-electron chi connectivity index (χ0n) is 12.8. The molecule has 4 nitrogen and oxygen atoms in total. The fourth-order valence-electron chi connectivity index (χ4n) is 2.11. The normalized spacial score (nSPS) is 11.0. The summed E-state index contributed by atoms with van der Waals surface area (Å²) < 4.78 is -2.11. The number of para-hydroxylation sites is 1. The Morgan fingerprint density at radius 1 is 1.00 bits per heavy atom. The number of nitrogens with zero attached hydrogens (tertiary/aromatic N) is 1. The number of halogens is 3. The van der Waals surface area contributed by atoms with E-state index in [0.717, 1.165) is 5.56 Å². The first kappa shape index (κ1) is 18.6. The monoisotopic (exact) mass is 384 g/mol. The van der Waals surface area contributed by atoms with E-state index < -0.39 is 9.70 Å². The maximum Gasteiger partial charge on any atom is 0.276 e. The Balaban J connectivity index is 2.19. The number of nitrogens with one attached hydrogen (secondary N) is 1. The number of hydrogen-bond donors (Lipinski definition) is 1. The van der Waals surface area contributed by atoms with E-state index in [2.05, 4.69) is 5.32 Å². The van der Waals surface area contributed by atoms with E-state index in [9.17, 15) is 9.59 Å². The maximum atomic E-state index is 12.7. The summed E-state index contributed by atoms with van der Waals surface area (Å²) in [6.45, 7) is 0.437. The van der Waals surface area contributed by atoms with Crippen molar-refractivity contribution < 1.29 is 9.59 Å². The highest BCUT2D eigenvalue weighted by Crippen LogP contribution is 2.28. The number of alkyl halides is 3. The molecule has 126 valence electrons. The second kappa shape index (κ2) is 7.88. The first-order valence-corrected chi connectivity index (χ1v) is 8.19. The maximum absolute atomic E-state index is 12.7. The zero-order valence-corrected chi connectivity index (χ0v) is 15.1. The third-order valence-corrected chi connectivity index (χ3v) is 3.79. The molecular weight excluding hydrogens is 371 g/mol. The van der Waals surface area contributed by atoms with Gasteiger partial charge in [0.1, 0.15) is 0 Å². The van der Waals surface area contributed by atoms with Crippen molar-refractivity contribution in [2.24, 2.45) is 0 Å². The molecule has 1 N–H and O–H groups in total. The van der Waals surface area contributed by atoms with E-state index in [1.54, 1.807) is 36.2 Å². The lowest BCUT2D eigenvalue weighted by atomic mass is 10.1. The molecule has 0 aromatic heterocycles. The first-order chi connectivity index (χ1) is 11.3. The van der Waals surface area contributed by atoms with Crippen molar-refractivity contribution in [3.8, 4) is 0 Å². The van der Waals surface area contributed by atoms with Crippen LogP contribution in [0.25, 0.3) is 0 Å². The molecule has 0 aliphatic carbocycles. The SMILES string of the molecule is CN(Cc1ccccc1)C(=O)c1ccccc1NC(=O)C(Cl)(Cl)Cl. The molecule has 0 saturated carbocycles. The van der Waals surface area contributed by atoms with E-state index in [0.29, 0.717) is 17.8 Å². The van der Waals surface area contributed by atoms with Gasteiger partial charge in [0.15, 0.2) is 0 Å². The van der Waals surface area contributed by atoms with Crippen LogP contribution in [0, 0.1) is 0 Å². The summed E-state index contributed by atoms with van der Waals surface area (Å²) in [6, 6.07) is 16.2. The van der Waals surface area contributed by atoms with E-state index in [1.165, 1.54) is 0 Å². The summed E-state index contributed by atoms with van der Waals surface area (Å²) in [5, 5.41) is 2.47. The molecule has 0 heterocycles. The van der Waals surface area contributed by atoms with Gasteiger partial charge in [-0.25, -0.2) is 0 Å². The molecule has 2 aromatic rings. The minimum absolute atomic E-state index is 0.251. The molecule has 0 aliphatic heterocycles. The molecular formula is C17H15Cl3N2O2. The van der Waals surface area contributed by atoms with E-state index >= 15 is 0 Å². The van der Waals surface area contributed by atoms with Gasteiger partial charge in [-0.3, -0.25) is 9.59 Å². The Bertz CT molecular complexity index is 730. The van der Waals surface area contributed by atoms with Gasteiger partial charge in [-0.2, -0.15) is 0 Å². The second-order valence-corrected chi connectivity index (χ2v) is 7.43. The minimum Gasteiger partial charge on any atom is -0.337 e. The van der Waals surface area contributed by atoms with Crippen molar-refractivity contribution in [3.05, 3.63) is 65.7 Å². The summed E-state index contributed by atoms with van der Waals surface area (Å²) in [5.41, 5.74) is 1.61. The van der Waals surface area contributed by atoms with E-state index in [4.69, 9.17) is 34.8 Å². The van der Waals surface area contributed by atoms with Gasteiger partial charge in [-0.1, -0.05) is 77.3 Å². The molecule has 24 heavy (non-hydrogen) atoms. The molecule has 7 heteroatoms. The van der Waals surface area contributed by atoms with Crippen LogP contribution in [0.2, 0.25) is 0 Å². The van der Waals surface area contributed by atoms with Gasteiger partial charge in [-0.15, -0.1) is 0 Å². The molecule has 2 amide bonds. The minimum atomic E-state index is -2.11. The topological polar surface area (TPSA) is 49.4 Å². The Hall–Kier alpha value is -1.75. The highest BCUT2D eigenvalue weighted by molar-refractivity contribution is 6.76. The van der Waals surface area contributed by atoms with Crippen LogP contribution < -0.4 is 5.32 Å². The van der Waals surface area contributed by atoms with Crippen molar-refractivity contribution >= 4 is 52.3 Å². The number of anilines is 1. The van der Waals surface area contributed by atoms with Gasteiger partial charge < -0.3 is 10.2 Å². The predicted octanol–water partition coefficient (Wildman–Crippen LogP) is 4.27. The largest absolute Gasteiger partial charge is 0.337 e. The van der Waals surface area contributed by atoms with Crippen molar-refractivity contribution in [2.75, 3.05) is 12.4 Å². The number of amides is 2. The number of hydrogen-bond acceptors (Lipinski definition) is 2. The number of carbonyl (C=O) groups is 2. The van der Waals surface area contributed by atoms with Crippen LogP contribution in [0.4, 0.5) is 5.69 Å². The predicted molar refractivity (Wildman–Crippen MR) is 97.6 cm³/mol. The van der Waals surface area contributed by atoms with Crippen molar-refractivity contribution in [3.63, 3.8) is 0 Å². The third-order valence-electron chi connectivity index (χ3n) is 3.27. The standard InChI is InChI=1S/C17H15Cl3N2O2/c1-22(11-12-7-3-2-4-8-12)15(23)13-9-5-6-10-14(13)21-16(24)17(18,19)20/h2-10H,11H2,1H3,(H,21,24). The third kappa shape index (κ3) is 4.87. The number of rotatable bonds is 4. The molecule has 0 unspecified atom stereocenters. The lowest BCUT2D eigenvalue weighted by molar-refractivity contribution is -0.115. The van der Waals surface area contributed by atoms with Gasteiger partial charge in [0.05, 0.1) is 11.3 Å². The molecule has 2 aromatic carbocycles. The van der Waals surface area contributed by atoms with Crippen LogP contribution in [0.5, 0.6) is 0 Å². The van der Waals surface area contributed by atoms with Gasteiger partial charge in [0.2, 0.25) is 0 Å². The van der Waals surface area contributed by atoms with Gasteiger partial charge in [-0.05, 0) is 17.7 Å². The average molecular weight is 386 g/mol. The Morgan fingerprint density at radius 2 is 1.58 bits per heavy atom. The van der Waals surface area contributed by atoms with Crippen LogP contribution >= 0.6 is 34.8 Å². The van der Waals surface area contributed by atoms with Crippen LogP contribution in [0.1, 0.15) is 15.9 Å².